The highest BCUT2D eigenvalue weighted by Crippen LogP contribution is 2.08. The van der Waals surface area contributed by atoms with E-state index < -0.39 is 0 Å². The van der Waals surface area contributed by atoms with E-state index in [9.17, 15) is 0 Å². The molecule has 0 aromatic heterocycles. The van der Waals surface area contributed by atoms with Gasteiger partial charge in [-0.1, -0.05) is 38.1 Å². The van der Waals surface area contributed by atoms with Crippen molar-refractivity contribution in [1.82, 2.24) is 5.32 Å². The minimum absolute atomic E-state index is 0.199. The Balaban J connectivity index is 2.31. The van der Waals surface area contributed by atoms with Crippen molar-refractivity contribution in [2.45, 2.75) is 53.2 Å². The zero-order valence-electron chi connectivity index (χ0n) is 13.1. The standard InChI is InChI=1S/C17H29NO/c1-14(2)12-19-13-16-8-6-15(7-9-16)10-11-18-17(3,4)5/h6-9,14,18H,10-13H2,1-5H3. The van der Waals surface area contributed by atoms with Crippen LogP contribution < -0.4 is 5.32 Å². The molecule has 0 aliphatic heterocycles. The predicted molar refractivity (Wildman–Crippen MR) is 82.4 cm³/mol. The van der Waals surface area contributed by atoms with Gasteiger partial charge in [0.2, 0.25) is 0 Å². The van der Waals surface area contributed by atoms with Crippen LogP contribution in [0.4, 0.5) is 0 Å². The van der Waals surface area contributed by atoms with E-state index in [2.05, 4.69) is 64.2 Å². The zero-order chi connectivity index (χ0) is 14.3. The summed E-state index contributed by atoms with van der Waals surface area (Å²) in [5.41, 5.74) is 2.84. The van der Waals surface area contributed by atoms with Gasteiger partial charge in [0.25, 0.3) is 0 Å². The Kier molecular flexibility index (Phi) is 6.53. The summed E-state index contributed by atoms with van der Waals surface area (Å²) >= 11 is 0. The Labute approximate surface area is 118 Å². The van der Waals surface area contributed by atoms with E-state index in [0.29, 0.717) is 5.92 Å². The summed E-state index contributed by atoms with van der Waals surface area (Å²) in [6.07, 6.45) is 1.07. The number of benzene rings is 1. The third-order valence-corrected chi connectivity index (χ3v) is 2.81. The normalized spacial score (nSPS) is 12.1. The molecule has 0 aliphatic carbocycles. The summed E-state index contributed by atoms with van der Waals surface area (Å²) < 4.78 is 5.63. The summed E-state index contributed by atoms with van der Waals surface area (Å²) in [6, 6.07) is 8.76. The van der Waals surface area contributed by atoms with Gasteiger partial charge in [0, 0.05) is 12.1 Å². The first-order valence-electron chi connectivity index (χ1n) is 7.27. The number of hydrogen-bond donors (Lipinski definition) is 1. The topological polar surface area (TPSA) is 21.3 Å². The highest BCUT2D eigenvalue weighted by Gasteiger charge is 2.07. The van der Waals surface area contributed by atoms with Crippen LogP contribution in [0.15, 0.2) is 24.3 Å². The molecule has 0 spiro atoms. The van der Waals surface area contributed by atoms with Crippen molar-refractivity contribution < 1.29 is 4.74 Å². The smallest absolute Gasteiger partial charge is 0.0717 e. The molecule has 1 aromatic rings. The van der Waals surface area contributed by atoms with E-state index >= 15 is 0 Å². The van der Waals surface area contributed by atoms with Gasteiger partial charge in [-0.05, 0) is 50.8 Å². The van der Waals surface area contributed by atoms with E-state index in [-0.39, 0.29) is 5.54 Å². The number of ether oxygens (including phenoxy) is 1. The first-order chi connectivity index (χ1) is 8.87. The number of rotatable bonds is 7. The first-order valence-corrected chi connectivity index (χ1v) is 7.27. The molecule has 0 fully saturated rings. The van der Waals surface area contributed by atoms with Crippen LogP contribution >= 0.6 is 0 Å². The Morgan fingerprint density at radius 3 is 2.16 bits per heavy atom. The van der Waals surface area contributed by atoms with Crippen molar-refractivity contribution >= 4 is 0 Å². The van der Waals surface area contributed by atoms with Gasteiger partial charge in [0.1, 0.15) is 0 Å². The predicted octanol–water partition coefficient (Wildman–Crippen LogP) is 3.79. The van der Waals surface area contributed by atoms with Crippen LogP contribution in [0.3, 0.4) is 0 Å². The van der Waals surface area contributed by atoms with Crippen LogP contribution in [0.5, 0.6) is 0 Å². The monoisotopic (exact) mass is 263 g/mol. The van der Waals surface area contributed by atoms with Crippen LogP contribution in [0, 0.1) is 5.92 Å². The molecule has 0 saturated carbocycles. The maximum absolute atomic E-state index is 5.63. The highest BCUT2D eigenvalue weighted by molar-refractivity contribution is 5.22. The van der Waals surface area contributed by atoms with Crippen LogP contribution in [0.1, 0.15) is 45.7 Å². The van der Waals surface area contributed by atoms with Crippen molar-refractivity contribution in [2.24, 2.45) is 5.92 Å². The first kappa shape index (κ1) is 16.2. The third-order valence-electron chi connectivity index (χ3n) is 2.81. The molecule has 0 bridgehead atoms. The Morgan fingerprint density at radius 1 is 1.05 bits per heavy atom. The molecule has 0 aliphatic rings. The number of hydrogen-bond acceptors (Lipinski definition) is 2. The molecular formula is C17H29NO. The largest absolute Gasteiger partial charge is 0.377 e. The third kappa shape index (κ3) is 8.02. The summed E-state index contributed by atoms with van der Waals surface area (Å²) in [5.74, 6) is 0.600. The van der Waals surface area contributed by atoms with E-state index in [1.165, 1.54) is 11.1 Å². The van der Waals surface area contributed by atoms with Crippen molar-refractivity contribution in [3.8, 4) is 0 Å². The van der Waals surface area contributed by atoms with Crippen molar-refractivity contribution in [1.29, 1.82) is 0 Å². The van der Waals surface area contributed by atoms with Crippen LogP contribution in [0.25, 0.3) is 0 Å². The average Bonchev–Trinajstić information content (AvgIpc) is 2.29. The molecule has 2 nitrogen and oxygen atoms in total. The molecule has 0 saturated heterocycles. The maximum atomic E-state index is 5.63. The van der Waals surface area contributed by atoms with Gasteiger partial charge in [-0.25, -0.2) is 0 Å². The Bertz CT molecular complexity index is 349. The van der Waals surface area contributed by atoms with Crippen molar-refractivity contribution in [3.63, 3.8) is 0 Å². The van der Waals surface area contributed by atoms with Gasteiger partial charge in [0.05, 0.1) is 6.61 Å². The molecule has 1 N–H and O–H groups in total. The second-order valence-electron chi connectivity index (χ2n) is 6.65. The van der Waals surface area contributed by atoms with Crippen molar-refractivity contribution in [3.05, 3.63) is 35.4 Å². The summed E-state index contributed by atoms with van der Waals surface area (Å²) in [5, 5.41) is 3.51. The van der Waals surface area contributed by atoms with Gasteiger partial charge in [0.15, 0.2) is 0 Å². The zero-order valence-corrected chi connectivity index (χ0v) is 13.1. The summed E-state index contributed by atoms with van der Waals surface area (Å²) in [4.78, 5) is 0. The minimum atomic E-state index is 0.199. The lowest BCUT2D eigenvalue weighted by atomic mass is 10.1. The SMILES string of the molecule is CC(C)COCc1ccc(CCNC(C)(C)C)cc1. The van der Waals surface area contributed by atoms with E-state index in [0.717, 1.165) is 26.2 Å². The molecule has 0 heterocycles. The van der Waals surface area contributed by atoms with Crippen LogP contribution in [-0.2, 0) is 17.8 Å². The molecular weight excluding hydrogens is 234 g/mol. The Morgan fingerprint density at radius 2 is 1.63 bits per heavy atom. The highest BCUT2D eigenvalue weighted by atomic mass is 16.5. The molecule has 19 heavy (non-hydrogen) atoms. The van der Waals surface area contributed by atoms with E-state index in [1.807, 2.05) is 0 Å². The molecule has 1 rings (SSSR count). The fourth-order valence-electron chi connectivity index (χ4n) is 1.80. The fraction of sp³-hybridized carbons (Fsp3) is 0.647. The Hall–Kier alpha value is -0.860. The molecule has 2 heteroatoms. The van der Waals surface area contributed by atoms with Gasteiger partial charge in [-0.2, -0.15) is 0 Å². The number of nitrogens with one attached hydrogen (secondary N) is 1. The molecule has 0 radical (unpaired) electrons. The summed E-state index contributed by atoms with van der Waals surface area (Å²) in [6.45, 7) is 13.5. The van der Waals surface area contributed by atoms with Gasteiger partial charge < -0.3 is 10.1 Å². The minimum Gasteiger partial charge on any atom is -0.377 e. The molecule has 0 unspecified atom stereocenters. The quantitative estimate of drug-likeness (QED) is 0.808. The molecule has 108 valence electrons. The van der Waals surface area contributed by atoms with Gasteiger partial charge >= 0.3 is 0 Å². The molecule has 1 aromatic carbocycles. The average molecular weight is 263 g/mol. The molecule has 0 amide bonds. The maximum Gasteiger partial charge on any atom is 0.0717 e. The lowest BCUT2D eigenvalue weighted by Gasteiger charge is -2.20. The van der Waals surface area contributed by atoms with Gasteiger partial charge in [-0.3, -0.25) is 0 Å². The second-order valence-corrected chi connectivity index (χ2v) is 6.65. The van der Waals surface area contributed by atoms with Gasteiger partial charge in [-0.15, -0.1) is 0 Å². The van der Waals surface area contributed by atoms with Crippen molar-refractivity contribution in [2.75, 3.05) is 13.2 Å². The van der Waals surface area contributed by atoms with E-state index in [4.69, 9.17) is 4.74 Å². The summed E-state index contributed by atoms with van der Waals surface area (Å²) in [7, 11) is 0. The molecule has 0 atom stereocenters. The fourth-order valence-corrected chi connectivity index (χ4v) is 1.80. The lowest BCUT2D eigenvalue weighted by Crippen LogP contribution is -2.37. The van der Waals surface area contributed by atoms with E-state index in [1.54, 1.807) is 0 Å². The lowest BCUT2D eigenvalue weighted by molar-refractivity contribution is 0.0971. The van der Waals surface area contributed by atoms with Crippen LogP contribution in [-0.4, -0.2) is 18.7 Å². The second kappa shape index (κ2) is 7.66. The van der Waals surface area contributed by atoms with Crippen LogP contribution in [0.2, 0.25) is 0 Å².